The van der Waals surface area contributed by atoms with E-state index in [1.165, 1.54) is 0 Å². The summed E-state index contributed by atoms with van der Waals surface area (Å²) in [7, 11) is 0. The van der Waals surface area contributed by atoms with Gasteiger partial charge in [0.2, 0.25) is 0 Å². The fraction of sp³-hybridized carbons (Fsp3) is 0.533. The van der Waals surface area contributed by atoms with E-state index in [9.17, 15) is 26.7 Å². The van der Waals surface area contributed by atoms with Crippen molar-refractivity contribution in [1.82, 2.24) is 4.90 Å². The summed E-state index contributed by atoms with van der Waals surface area (Å²) in [5.41, 5.74) is -2.06. The molecule has 1 aromatic rings. The number of hydrogen-bond donors (Lipinski definition) is 1. The van der Waals surface area contributed by atoms with E-state index < -0.39 is 46.5 Å². The third-order valence-electron chi connectivity index (χ3n) is 4.42. The molecule has 1 aromatic carbocycles. The molecule has 0 bridgehead atoms. The van der Waals surface area contributed by atoms with E-state index in [1.807, 2.05) is 0 Å². The molecule has 0 saturated carbocycles. The number of alkyl halides is 1. The second-order valence-corrected chi connectivity index (χ2v) is 6.43. The highest BCUT2D eigenvalue weighted by Gasteiger charge is 2.43. The van der Waals surface area contributed by atoms with Gasteiger partial charge in [0.1, 0.15) is 6.17 Å². The summed E-state index contributed by atoms with van der Waals surface area (Å²) in [6.07, 6.45) is -3.73. The Bertz CT molecular complexity index is 603. The molecule has 3 nitrogen and oxygen atoms in total. The van der Waals surface area contributed by atoms with Crippen molar-refractivity contribution in [3.8, 4) is 0 Å². The van der Waals surface area contributed by atoms with Gasteiger partial charge in [-0.1, -0.05) is 13.8 Å². The zero-order chi connectivity index (χ0) is 17.5. The summed E-state index contributed by atoms with van der Waals surface area (Å²) < 4.78 is 67.9. The molecule has 1 amide bonds. The first-order valence-electron chi connectivity index (χ1n) is 6.99. The maximum Gasteiger partial charge on any atom is 0.407 e. The molecule has 2 rings (SSSR count). The largest absolute Gasteiger partial charge is 0.465 e. The number of amides is 1. The number of hydrogen-bond acceptors (Lipinski definition) is 1. The van der Waals surface area contributed by atoms with Gasteiger partial charge in [-0.15, -0.1) is 0 Å². The standard InChI is InChI=1S/C15H16F5NO2/c1-15(2,7-5-21(6-7)14(22)23)4-10(18)11-12(19)8(16)3-9(17)13(11)20/h3,7,10H,4-6H2,1-2H3,(H,22,23). The molecule has 1 aliphatic rings. The Morgan fingerprint density at radius 1 is 1.26 bits per heavy atom. The van der Waals surface area contributed by atoms with E-state index in [-0.39, 0.29) is 31.5 Å². The molecule has 1 fully saturated rings. The summed E-state index contributed by atoms with van der Waals surface area (Å²) in [4.78, 5) is 11.9. The average molecular weight is 337 g/mol. The predicted molar refractivity (Wildman–Crippen MR) is 71.6 cm³/mol. The number of likely N-dealkylation sites (tertiary alicyclic amines) is 1. The second-order valence-electron chi connectivity index (χ2n) is 6.43. The van der Waals surface area contributed by atoms with Crippen LogP contribution in [0.5, 0.6) is 0 Å². The van der Waals surface area contributed by atoms with E-state index in [0.29, 0.717) is 0 Å². The van der Waals surface area contributed by atoms with Gasteiger partial charge in [-0.2, -0.15) is 0 Å². The van der Waals surface area contributed by atoms with Crippen LogP contribution in [0.25, 0.3) is 0 Å². The highest BCUT2D eigenvalue weighted by Crippen LogP contribution is 2.43. The summed E-state index contributed by atoms with van der Waals surface area (Å²) >= 11 is 0. The van der Waals surface area contributed by atoms with Crippen LogP contribution in [0, 0.1) is 34.6 Å². The van der Waals surface area contributed by atoms with Crippen LogP contribution in [0.3, 0.4) is 0 Å². The number of carbonyl (C=O) groups is 1. The van der Waals surface area contributed by atoms with Crippen molar-refractivity contribution in [2.24, 2.45) is 11.3 Å². The highest BCUT2D eigenvalue weighted by atomic mass is 19.2. The number of rotatable bonds is 4. The number of carboxylic acid groups (broad SMARTS) is 1. The van der Waals surface area contributed by atoms with Crippen LogP contribution in [-0.2, 0) is 0 Å². The van der Waals surface area contributed by atoms with Crippen LogP contribution in [0.1, 0.15) is 32.0 Å². The van der Waals surface area contributed by atoms with E-state index in [2.05, 4.69) is 0 Å². The minimum absolute atomic E-state index is 0.0305. The van der Waals surface area contributed by atoms with E-state index in [0.717, 1.165) is 4.90 Å². The predicted octanol–water partition coefficient (Wildman–Crippen LogP) is 4.28. The zero-order valence-electron chi connectivity index (χ0n) is 12.5. The van der Waals surface area contributed by atoms with Crippen LogP contribution in [0.2, 0.25) is 0 Å². The first-order valence-corrected chi connectivity index (χ1v) is 6.99. The molecule has 0 aliphatic carbocycles. The first-order chi connectivity index (χ1) is 10.5. The van der Waals surface area contributed by atoms with Gasteiger partial charge >= 0.3 is 6.09 Å². The normalized spacial score (nSPS) is 17.1. The maximum atomic E-state index is 14.3. The van der Waals surface area contributed by atoms with Gasteiger partial charge in [0.25, 0.3) is 0 Å². The summed E-state index contributed by atoms with van der Waals surface area (Å²) in [6.45, 7) is 3.60. The average Bonchev–Trinajstić information content (AvgIpc) is 2.33. The summed E-state index contributed by atoms with van der Waals surface area (Å²) in [5, 5.41) is 8.78. The maximum absolute atomic E-state index is 14.3. The monoisotopic (exact) mass is 337 g/mol. The van der Waals surface area contributed by atoms with Crippen LogP contribution in [-0.4, -0.2) is 29.2 Å². The molecular formula is C15H16F5NO2. The molecule has 8 heteroatoms. The second kappa shape index (κ2) is 5.98. The Balaban J connectivity index is 2.16. The molecule has 0 spiro atoms. The van der Waals surface area contributed by atoms with Crippen molar-refractivity contribution in [3.63, 3.8) is 0 Å². The quantitative estimate of drug-likeness (QED) is 0.658. The van der Waals surface area contributed by atoms with Crippen molar-refractivity contribution in [3.05, 3.63) is 34.9 Å². The molecule has 23 heavy (non-hydrogen) atoms. The van der Waals surface area contributed by atoms with Crippen LogP contribution in [0.4, 0.5) is 26.7 Å². The number of benzene rings is 1. The Morgan fingerprint density at radius 2 is 1.74 bits per heavy atom. The summed E-state index contributed by atoms with van der Waals surface area (Å²) in [6, 6.07) is 0.0305. The fourth-order valence-electron chi connectivity index (χ4n) is 2.73. The molecule has 1 saturated heterocycles. The van der Waals surface area contributed by atoms with Crippen molar-refractivity contribution < 1.29 is 31.9 Å². The van der Waals surface area contributed by atoms with Gasteiger partial charge in [0.15, 0.2) is 23.3 Å². The van der Waals surface area contributed by atoms with Crippen LogP contribution >= 0.6 is 0 Å². The molecule has 1 N–H and O–H groups in total. The lowest BCUT2D eigenvalue weighted by molar-refractivity contribution is 0.00615. The van der Waals surface area contributed by atoms with Gasteiger partial charge in [0, 0.05) is 19.2 Å². The van der Waals surface area contributed by atoms with Gasteiger partial charge in [-0.05, 0) is 17.8 Å². The third-order valence-corrected chi connectivity index (χ3v) is 4.42. The molecule has 0 aromatic heterocycles. The lowest BCUT2D eigenvalue weighted by Crippen LogP contribution is -2.55. The zero-order valence-corrected chi connectivity index (χ0v) is 12.5. The first kappa shape index (κ1) is 17.5. The van der Waals surface area contributed by atoms with Crippen molar-refractivity contribution in [1.29, 1.82) is 0 Å². The Hall–Kier alpha value is -1.86. The van der Waals surface area contributed by atoms with Crippen molar-refractivity contribution in [2.75, 3.05) is 13.1 Å². The lowest BCUT2D eigenvalue weighted by atomic mass is 9.70. The van der Waals surface area contributed by atoms with Gasteiger partial charge in [0.05, 0.1) is 5.56 Å². The van der Waals surface area contributed by atoms with Crippen LogP contribution < -0.4 is 0 Å². The topological polar surface area (TPSA) is 40.5 Å². The SMILES string of the molecule is CC(C)(CC(F)c1c(F)c(F)cc(F)c1F)C1CN(C(=O)O)C1. The van der Waals surface area contributed by atoms with Crippen molar-refractivity contribution >= 4 is 6.09 Å². The molecule has 0 radical (unpaired) electrons. The molecule has 1 atom stereocenters. The van der Waals surface area contributed by atoms with Gasteiger partial charge in [-0.3, -0.25) is 0 Å². The van der Waals surface area contributed by atoms with E-state index in [4.69, 9.17) is 5.11 Å². The van der Waals surface area contributed by atoms with E-state index >= 15 is 0 Å². The minimum atomic E-state index is -2.24. The molecule has 128 valence electrons. The Labute approximate surface area is 129 Å². The molecule has 1 heterocycles. The van der Waals surface area contributed by atoms with Crippen molar-refractivity contribution in [2.45, 2.75) is 26.4 Å². The Morgan fingerprint density at radius 3 is 2.17 bits per heavy atom. The molecule has 1 aliphatic heterocycles. The molecular weight excluding hydrogens is 321 g/mol. The number of nitrogens with zero attached hydrogens (tertiary/aromatic N) is 1. The summed E-state index contributed by atoms with van der Waals surface area (Å²) in [5.74, 6) is -7.00. The lowest BCUT2D eigenvalue weighted by Gasteiger charge is -2.46. The number of halogens is 5. The Kier molecular flexibility index (Phi) is 4.54. The molecule has 1 unspecified atom stereocenters. The minimum Gasteiger partial charge on any atom is -0.465 e. The van der Waals surface area contributed by atoms with Gasteiger partial charge < -0.3 is 10.0 Å². The third kappa shape index (κ3) is 3.25. The van der Waals surface area contributed by atoms with E-state index in [1.54, 1.807) is 13.8 Å². The van der Waals surface area contributed by atoms with Gasteiger partial charge in [-0.25, -0.2) is 26.7 Å². The fourth-order valence-corrected chi connectivity index (χ4v) is 2.73. The smallest absolute Gasteiger partial charge is 0.407 e. The highest BCUT2D eigenvalue weighted by molar-refractivity contribution is 5.66. The van der Waals surface area contributed by atoms with Crippen LogP contribution in [0.15, 0.2) is 6.07 Å².